The third kappa shape index (κ3) is 4.25. The summed E-state index contributed by atoms with van der Waals surface area (Å²) in [5, 5.41) is 7.95. The molecule has 3 heterocycles. The third-order valence-electron chi connectivity index (χ3n) is 5.08. The number of halogens is 3. The van der Waals surface area contributed by atoms with Gasteiger partial charge in [-0.2, -0.15) is 21.6 Å². The maximum Gasteiger partial charge on any atom is 0.395 e. The predicted octanol–water partition coefficient (Wildman–Crippen LogP) is 1.00. The van der Waals surface area contributed by atoms with Gasteiger partial charge in [-0.3, -0.25) is 0 Å². The Morgan fingerprint density at radius 1 is 1.32 bits per heavy atom. The van der Waals surface area contributed by atoms with Crippen LogP contribution < -0.4 is 24.8 Å². The van der Waals surface area contributed by atoms with Gasteiger partial charge in [-0.1, -0.05) is 0 Å². The highest BCUT2D eigenvalue weighted by molar-refractivity contribution is 7.87. The standard InChI is InChI=1S/C15H23F3N6O3S/c1-13(2)7-20-11-10(27-13)12(22-9-21-11)24-5-3-14(4-6-24,15(16,17)18)8-23-28(19,25)26/h9,23H,3-8H2,1-2H3,(H2,19,25,26)(H,20,21,22). The summed E-state index contributed by atoms with van der Waals surface area (Å²) in [6.45, 7) is 3.55. The highest BCUT2D eigenvalue weighted by Crippen LogP contribution is 2.48. The van der Waals surface area contributed by atoms with Gasteiger partial charge in [0.05, 0.1) is 12.0 Å². The van der Waals surface area contributed by atoms with Crippen molar-refractivity contribution >= 4 is 21.8 Å². The van der Waals surface area contributed by atoms with Gasteiger partial charge in [0.25, 0.3) is 10.2 Å². The van der Waals surface area contributed by atoms with Crippen LogP contribution in [0.2, 0.25) is 0 Å². The first-order valence-electron chi connectivity index (χ1n) is 8.69. The molecule has 1 aromatic rings. The zero-order chi connectivity index (χ0) is 20.8. The van der Waals surface area contributed by atoms with Gasteiger partial charge in [0.2, 0.25) is 5.75 Å². The number of nitrogens with zero attached hydrogens (tertiary/aromatic N) is 3. The van der Waals surface area contributed by atoms with Crippen LogP contribution in [0.15, 0.2) is 6.33 Å². The molecule has 0 unspecified atom stereocenters. The van der Waals surface area contributed by atoms with Crippen LogP contribution in [0.4, 0.5) is 24.8 Å². The number of ether oxygens (including phenoxy) is 1. The van der Waals surface area contributed by atoms with Crippen molar-refractivity contribution in [3.8, 4) is 5.75 Å². The summed E-state index contributed by atoms with van der Waals surface area (Å²) in [6, 6.07) is 0. The quantitative estimate of drug-likeness (QED) is 0.659. The lowest BCUT2D eigenvalue weighted by Gasteiger charge is -2.44. The molecule has 9 nitrogen and oxygen atoms in total. The Balaban J connectivity index is 1.81. The van der Waals surface area contributed by atoms with Crippen LogP contribution in [0.3, 0.4) is 0 Å². The van der Waals surface area contributed by atoms with Crippen molar-refractivity contribution in [1.82, 2.24) is 14.7 Å². The fourth-order valence-electron chi connectivity index (χ4n) is 3.36. The van der Waals surface area contributed by atoms with E-state index in [2.05, 4.69) is 15.3 Å². The molecule has 0 bridgehead atoms. The summed E-state index contributed by atoms with van der Waals surface area (Å²) in [4.78, 5) is 10.0. The third-order valence-corrected chi connectivity index (χ3v) is 5.62. The molecule has 13 heteroatoms. The molecule has 0 spiro atoms. The van der Waals surface area contributed by atoms with Gasteiger partial charge in [0.15, 0.2) is 11.6 Å². The van der Waals surface area contributed by atoms with Crippen LogP contribution in [0, 0.1) is 5.41 Å². The summed E-state index contributed by atoms with van der Waals surface area (Å²) >= 11 is 0. The average Bonchev–Trinajstić information content (AvgIpc) is 2.57. The Labute approximate surface area is 161 Å². The SMILES string of the molecule is CC1(C)CNc2ncnc(N3CCC(CNS(N)(=O)=O)(C(F)(F)F)CC3)c2O1. The van der Waals surface area contributed by atoms with E-state index in [1.165, 1.54) is 6.33 Å². The molecule has 3 rings (SSSR count). The van der Waals surface area contributed by atoms with E-state index in [0.29, 0.717) is 23.9 Å². The molecule has 28 heavy (non-hydrogen) atoms. The minimum absolute atomic E-state index is 0.0268. The maximum absolute atomic E-state index is 13.7. The number of fused-ring (bicyclic) bond motifs is 1. The predicted molar refractivity (Wildman–Crippen MR) is 96.3 cm³/mol. The summed E-state index contributed by atoms with van der Waals surface area (Å²) in [5.74, 6) is 1.31. The summed E-state index contributed by atoms with van der Waals surface area (Å²) in [7, 11) is -4.23. The summed E-state index contributed by atoms with van der Waals surface area (Å²) in [5.41, 5.74) is -2.71. The Bertz CT molecular complexity index is 838. The smallest absolute Gasteiger partial charge is 0.395 e. The first-order chi connectivity index (χ1) is 12.8. The van der Waals surface area contributed by atoms with Crippen LogP contribution in [0.1, 0.15) is 26.7 Å². The molecule has 0 atom stereocenters. The van der Waals surface area contributed by atoms with Crippen molar-refractivity contribution in [2.75, 3.05) is 36.4 Å². The second-order valence-electron chi connectivity index (χ2n) is 7.72. The van der Waals surface area contributed by atoms with E-state index in [9.17, 15) is 21.6 Å². The topological polar surface area (TPSA) is 122 Å². The van der Waals surface area contributed by atoms with Crippen LogP contribution in [-0.4, -0.2) is 56.3 Å². The maximum atomic E-state index is 13.7. The van der Waals surface area contributed by atoms with Gasteiger partial charge < -0.3 is 15.0 Å². The van der Waals surface area contributed by atoms with Crippen molar-refractivity contribution in [2.24, 2.45) is 10.6 Å². The van der Waals surface area contributed by atoms with Crippen molar-refractivity contribution in [3.63, 3.8) is 0 Å². The molecule has 1 saturated heterocycles. The highest BCUT2D eigenvalue weighted by Gasteiger charge is 2.56. The van der Waals surface area contributed by atoms with Crippen molar-refractivity contribution in [3.05, 3.63) is 6.33 Å². The molecule has 0 aliphatic carbocycles. The molecular weight excluding hydrogens is 401 g/mol. The summed E-state index contributed by atoms with van der Waals surface area (Å²) < 4.78 is 71.1. The number of hydrogen-bond acceptors (Lipinski definition) is 7. The number of aromatic nitrogens is 2. The van der Waals surface area contributed by atoms with Crippen LogP contribution in [0.5, 0.6) is 5.75 Å². The van der Waals surface area contributed by atoms with Gasteiger partial charge in [0.1, 0.15) is 11.9 Å². The van der Waals surface area contributed by atoms with Gasteiger partial charge in [0, 0.05) is 19.6 Å². The first-order valence-corrected chi connectivity index (χ1v) is 10.2. The second-order valence-corrected chi connectivity index (χ2v) is 9.10. The van der Waals surface area contributed by atoms with Crippen molar-refractivity contribution in [2.45, 2.75) is 38.5 Å². The fraction of sp³-hybridized carbons (Fsp3) is 0.733. The van der Waals surface area contributed by atoms with Gasteiger partial charge in [-0.15, -0.1) is 0 Å². The van der Waals surface area contributed by atoms with E-state index in [4.69, 9.17) is 9.88 Å². The molecule has 2 aliphatic rings. The number of rotatable bonds is 4. The molecule has 2 aliphatic heterocycles. The number of nitrogens with two attached hydrogens (primary N) is 1. The first kappa shape index (κ1) is 20.9. The Kier molecular flexibility index (Phi) is 5.13. The molecule has 0 saturated carbocycles. The number of nitrogens with one attached hydrogen (secondary N) is 2. The molecule has 0 radical (unpaired) electrons. The number of anilines is 2. The number of piperidine rings is 1. The normalized spacial score (nSPS) is 21.4. The van der Waals surface area contributed by atoms with E-state index < -0.39 is 33.9 Å². The Morgan fingerprint density at radius 3 is 2.54 bits per heavy atom. The molecule has 0 amide bonds. The molecule has 1 fully saturated rings. The van der Waals surface area contributed by atoms with E-state index in [-0.39, 0.29) is 25.9 Å². The van der Waals surface area contributed by atoms with E-state index in [1.807, 2.05) is 13.8 Å². The van der Waals surface area contributed by atoms with Crippen molar-refractivity contribution in [1.29, 1.82) is 0 Å². The fourth-order valence-corrected chi connectivity index (χ4v) is 3.84. The van der Waals surface area contributed by atoms with Crippen LogP contribution in [-0.2, 0) is 10.2 Å². The lowest BCUT2D eigenvalue weighted by Crippen LogP contribution is -2.54. The minimum Gasteiger partial charge on any atom is -0.479 e. The largest absolute Gasteiger partial charge is 0.479 e. The van der Waals surface area contributed by atoms with Crippen LogP contribution in [0.25, 0.3) is 0 Å². The molecule has 0 aromatic carbocycles. The lowest BCUT2D eigenvalue weighted by atomic mass is 9.77. The van der Waals surface area contributed by atoms with E-state index >= 15 is 0 Å². The van der Waals surface area contributed by atoms with E-state index in [1.54, 1.807) is 9.62 Å². The zero-order valence-electron chi connectivity index (χ0n) is 15.5. The van der Waals surface area contributed by atoms with Crippen molar-refractivity contribution < 1.29 is 26.3 Å². The molecule has 158 valence electrons. The Hall–Kier alpha value is -1.86. The van der Waals surface area contributed by atoms with Gasteiger partial charge >= 0.3 is 6.18 Å². The van der Waals surface area contributed by atoms with Crippen LogP contribution >= 0.6 is 0 Å². The monoisotopic (exact) mass is 424 g/mol. The molecule has 1 aromatic heterocycles. The minimum atomic E-state index is -4.58. The van der Waals surface area contributed by atoms with Gasteiger partial charge in [-0.25, -0.2) is 19.8 Å². The highest BCUT2D eigenvalue weighted by atomic mass is 32.2. The van der Waals surface area contributed by atoms with Gasteiger partial charge in [-0.05, 0) is 26.7 Å². The Morgan fingerprint density at radius 2 is 1.96 bits per heavy atom. The molecular formula is C15H23F3N6O3S. The number of hydrogen-bond donors (Lipinski definition) is 3. The second kappa shape index (κ2) is 6.88. The lowest BCUT2D eigenvalue weighted by molar-refractivity contribution is -0.228. The zero-order valence-corrected chi connectivity index (χ0v) is 16.3. The molecule has 4 N–H and O–H groups in total. The number of alkyl halides is 3. The average molecular weight is 424 g/mol. The summed E-state index contributed by atoms with van der Waals surface area (Å²) in [6.07, 6.45) is -3.87. The van der Waals surface area contributed by atoms with E-state index in [0.717, 1.165) is 0 Å².